The Balaban J connectivity index is 1.26. The Morgan fingerprint density at radius 3 is 2.80 bits per heavy atom. The monoisotopic (exact) mass is 345 g/mol. The summed E-state index contributed by atoms with van der Waals surface area (Å²) in [6.07, 6.45) is 4.06. The van der Waals surface area contributed by atoms with Crippen LogP contribution in [0.1, 0.15) is 26.2 Å². The van der Waals surface area contributed by atoms with Crippen molar-refractivity contribution < 1.29 is 9.47 Å². The third kappa shape index (κ3) is 3.94. The Hall–Kier alpha value is -1.30. The van der Waals surface area contributed by atoms with Crippen molar-refractivity contribution in [1.29, 1.82) is 0 Å². The summed E-state index contributed by atoms with van der Waals surface area (Å²) in [6, 6.07) is 10.3. The minimum atomic E-state index is 0.390. The maximum Gasteiger partial charge on any atom is 0.120 e. The van der Waals surface area contributed by atoms with E-state index in [9.17, 15) is 0 Å². The Morgan fingerprint density at radius 1 is 1.16 bits per heavy atom. The number of hydrogen-bond donors (Lipinski definition) is 1. The highest BCUT2D eigenvalue weighted by Gasteiger charge is 2.37. The van der Waals surface area contributed by atoms with Gasteiger partial charge in [-0.2, -0.15) is 0 Å². The first-order valence-electron chi connectivity index (χ1n) is 9.72. The summed E-state index contributed by atoms with van der Waals surface area (Å²) in [5.41, 5.74) is 1.28. The van der Waals surface area contributed by atoms with Gasteiger partial charge in [-0.05, 0) is 38.3 Å². The Labute approximate surface area is 151 Å². The average molecular weight is 345 g/mol. The van der Waals surface area contributed by atoms with Crippen molar-refractivity contribution in [3.8, 4) is 5.75 Å². The van der Waals surface area contributed by atoms with E-state index in [2.05, 4.69) is 40.2 Å². The summed E-state index contributed by atoms with van der Waals surface area (Å²) in [7, 11) is 1.73. The van der Waals surface area contributed by atoms with Crippen LogP contribution in [0.25, 0.3) is 0 Å². The van der Waals surface area contributed by atoms with E-state index >= 15 is 0 Å². The van der Waals surface area contributed by atoms with Gasteiger partial charge in [0, 0.05) is 56.1 Å². The number of morpholine rings is 1. The molecule has 0 amide bonds. The van der Waals surface area contributed by atoms with E-state index in [-0.39, 0.29) is 0 Å². The molecule has 3 fully saturated rings. The van der Waals surface area contributed by atoms with Crippen LogP contribution in [0.15, 0.2) is 24.3 Å². The molecule has 3 aliphatic rings. The lowest BCUT2D eigenvalue weighted by atomic mass is 10.0. The van der Waals surface area contributed by atoms with Crippen LogP contribution in [0.3, 0.4) is 0 Å². The van der Waals surface area contributed by atoms with Gasteiger partial charge in [-0.3, -0.25) is 4.90 Å². The molecule has 0 spiro atoms. The van der Waals surface area contributed by atoms with Crippen molar-refractivity contribution in [2.24, 2.45) is 0 Å². The van der Waals surface area contributed by atoms with Crippen LogP contribution < -0.4 is 15.0 Å². The van der Waals surface area contributed by atoms with Crippen molar-refractivity contribution in [3.05, 3.63) is 24.3 Å². The molecule has 138 valence electrons. The van der Waals surface area contributed by atoms with Gasteiger partial charge >= 0.3 is 0 Å². The highest BCUT2D eigenvalue weighted by Crippen LogP contribution is 2.26. The summed E-state index contributed by atoms with van der Waals surface area (Å²) < 4.78 is 11.2. The van der Waals surface area contributed by atoms with Crippen molar-refractivity contribution in [1.82, 2.24) is 10.2 Å². The van der Waals surface area contributed by atoms with E-state index in [4.69, 9.17) is 9.47 Å². The zero-order valence-electron chi connectivity index (χ0n) is 15.5. The molecule has 0 unspecified atom stereocenters. The van der Waals surface area contributed by atoms with E-state index in [1.807, 2.05) is 6.07 Å². The number of anilines is 1. The molecule has 3 aliphatic heterocycles. The van der Waals surface area contributed by atoms with Crippen LogP contribution in [-0.4, -0.2) is 69.0 Å². The number of piperidine rings is 1. The quantitative estimate of drug-likeness (QED) is 0.905. The van der Waals surface area contributed by atoms with Gasteiger partial charge in [0.1, 0.15) is 5.75 Å². The lowest BCUT2D eigenvalue weighted by Crippen LogP contribution is -2.47. The smallest absolute Gasteiger partial charge is 0.120 e. The lowest BCUT2D eigenvalue weighted by Gasteiger charge is -2.35. The topological polar surface area (TPSA) is 37.0 Å². The molecular weight excluding hydrogens is 314 g/mol. The van der Waals surface area contributed by atoms with Crippen LogP contribution in [0.2, 0.25) is 0 Å². The zero-order chi connectivity index (χ0) is 17.2. The molecule has 4 rings (SSSR count). The number of hydrogen-bond acceptors (Lipinski definition) is 5. The SMILES string of the molecule is COc1cccc(N2CCC(N[C@H]3C[C@H]4CO[C@@H](C)CN4C3)CC2)c1. The van der Waals surface area contributed by atoms with Gasteiger partial charge in [-0.25, -0.2) is 0 Å². The minimum Gasteiger partial charge on any atom is -0.497 e. The molecule has 3 saturated heterocycles. The number of rotatable bonds is 4. The molecule has 1 aromatic carbocycles. The first-order valence-corrected chi connectivity index (χ1v) is 9.72. The maximum atomic E-state index is 5.83. The third-order valence-electron chi connectivity index (χ3n) is 5.98. The van der Waals surface area contributed by atoms with Crippen molar-refractivity contribution >= 4 is 5.69 Å². The van der Waals surface area contributed by atoms with Gasteiger partial charge < -0.3 is 19.7 Å². The molecule has 1 aromatic rings. The van der Waals surface area contributed by atoms with E-state index in [1.54, 1.807) is 7.11 Å². The summed E-state index contributed by atoms with van der Waals surface area (Å²) in [5, 5.41) is 3.93. The first kappa shape index (κ1) is 17.1. The second kappa shape index (κ2) is 7.52. The van der Waals surface area contributed by atoms with Gasteiger partial charge in [0.2, 0.25) is 0 Å². The molecule has 1 N–H and O–H groups in total. The van der Waals surface area contributed by atoms with Crippen molar-refractivity contribution in [3.63, 3.8) is 0 Å². The predicted molar refractivity (Wildman–Crippen MR) is 101 cm³/mol. The molecule has 0 saturated carbocycles. The van der Waals surface area contributed by atoms with Gasteiger partial charge in [-0.1, -0.05) is 6.07 Å². The van der Waals surface area contributed by atoms with E-state index < -0.39 is 0 Å². The molecule has 3 atom stereocenters. The maximum absolute atomic E-state index is 5.83. The van der Waals surface area contributed by atoms with E-state index in [0.717, 1.165) is 32.0 Å². The molecule has 0 bridgehead atoms. The molecular formula is C20H31N3O2. The van der Waals surface area contributed by atoms with E-state index in [0.29, 0.717) is 24.2 Å². The number of nitrogens with zero attached hydrogens (tertiary/aromatic N) is 2. The predicted octanol–water partition coefficient (Wildman–Crippen LogP) is 2.12. The van der Waals surface area contributed by atoms with Crippen LogP contribution >= 0.6 is 0 Å². The molecule has 5 heteroatoms. The van der Waals surface area contributed by atoms with Crippen molar-refractivity contribution in [2.45, 2.75) is 50.4 Å². The number of nitrogens with one attached hydrogen (secondary N) is 1. The molecule has 5 nitrogen and oxygen atoms in total. The highest BCUT2D eigenvalue weighted by atomic mass is 16.5. The molecule has 3 heterocycles. The van der Waals surface area contributed by atoms with Crippen LogP contribution in [0.4, 0.5) is 5.69 Å². The fraction of sp³-hybridized carbons (Fsp3) is 0.700. The third-order valence-corrected chi connectivity index (χ3v) is 5.98. The summed E-state index contributed by atoms with van der Waals surface area (Å²) in [5.74, 6) is 0.941. The zero-order valence-corrected chi connectivity index (χ0v) is 15.5. The minimum absolute atomic E-state index is 0.390. The van der Waals surface area contributed by atoms with Crippen molar-refractivity contribution in [2.75, 3.05) is 44.8 Å². The fourth-order valence-corrected chi connectivity index (χ4v) is 4.61. The molecule has 0 radical (unpaired) electrons. The largest absolute Gasteiger partial charge is 0.497 e. The van der Waals surface area contributed by atoms with Gasteiger partial charge in [-0.15, -0.1) is 0 Å². The lowest BCUT2D eigenvalue weighted by molar-refractivity contribution is -0.0390. The molecule has 0 aliphatic carbocycles. The average Bonchev–Trinajstić information content (AvgIpc) is 3.03. The highest BCUT2D eigenvalue weighted by molar-refractivity contribution is 5.51. The Morgan fingerprint density at radius 2 is 2.00 bits per heavy atom. The van der Waals surface area contributed by atoms with Crippen LogP contribution in [0, 0.1) is 0 Å². The number of ether oxygens (including phenoxy) is 2. The van der Waals surface area contributed by atoms with E-state index in [1.165, 1.54) is 31.5 Å². The number of fused-ring (bicyclic) bond motifs is 1. The molecule has 25 heavy (non-hydrogen) atoms. The van der Waals surface area contributed by atoms with Crippen LogP contribution in [-0.2, 0) is 4.74 Å². The number of benzene rings is 1. The van der Waals surface area contributed by atoms with Gasteiger partial charge in [0.05, 0.1) is 19.8 Å². The Kier molecular flexibility index (Phi) is 5.15. The second-order valence-electron chi connectivity index (χ2n) is 7.81. The summed E-state index contributed by atoms with van der Waals surface area (Å²) in [4.78, 5) is 5.10. The van der Waals surface area contributed by atoms with Crippen LogP contribution in [0.5, 0.6) is 5.75 Å². The van der Waals surface area contributed by atoms with Gasteiger partial charge in [0.15, 0.2) is 0 Å². The summed E-state index contributed by atoms with van der Waals surface area (Å²) in [6.45, 7) is 7.61. The normalized spacial score (nSPS) is 31.1. The standard InChI is InChI=1S/C20H31N3O2/c1-15-12-23-13-17(10-19(23)14-25-15)21-16-6-8-22(9-7-16)18-4-3-5-20(11-18)24-2/h3-5,11,15-17,19,21H,6-10,12-14H2,1-2H3/t15-,17-,19-/m0/s1. The second-order valence-corrected chi connectivity index (χ2v) is 7.81. The Bertz CT molecular complexity index is 574. The molecule has 0 aromatic heterocycles. The van der Waals surface area contributed by atoms with Gasteiger partial charge in [0.25, 0.3) is 0 Å². The fourth-order valence-electron chi connectivity index (χ4n) is 4.61. The summed E-state index contributed by atoms with van der Waals surface area (Å²) >= 11 is 0. The first-order chi connectivity index (χ1) is 12.2. The number of methoxy groups -OCH3 is 1.